The lowest BCUT2D eigenvalue weighted by Crippen LogP contribution is -2.43. The first kappa shape index (κ1) is 20.5. The van der Waals surface area contributed by atoms with Crippen molar-refractivity contribution in [3.63, 3.8) is 0 Å². The number of halogens is 1. The van der Waals surface area contributed by atoms with Gasteiger partial charge in [-0.15, -0.1) is 11.3 Å². The number of sulfonamides is 1. The number of carbonyl (C=O) groups is 1. The summed E-state index contributed by atoms with van der Waals surface area (Å²) in [6.45, 7) is 3.49. The Kier molecular flexibility index (Phi) is 6.72. The predicted octanol–water partition coefficient (Wildman–Crippen LogP) is 3.55. The Hall–Kier alpha value is -1.23. The molecule has 27 heavy (non-hydrogen) atoms. The van der Waals surface area contributed by atoms with Crippen molar-refractivity contribution in [1.29, 1.82) is 0 Å². The van der Waals surface area contributed by atoms with Crippen LogP contribution in [0.2, 0.25) is 0 Å². The third-order valence-electron chi connectivity index (χ3n) is 4.59. The molecule has 0 aliphatic carbocycles. The lowest BCUT2D eigenvalue weighted by molar-refractivity contribution is -0.120. The number of aryl methyl sites for hydroxylation is 1. The zero-order valence-electron chi connectivity index (χ0n) is 15.1. The van der Waals surface area contributed by atoms with Crippen LogP contribution in [0.3, 0.4) is 0 Å². The highest BCUT2D eigenvalue weighted by molar-refractivity contribution is 9.11. The summed E-state index contributed by atoms with van der Waals surface area (Å²) < 4.78 is 29.9. The number of thiophene rings is 1. The predicted molar refractivity (Wildman–Crippen MR) is 109 cm³/mol. The van der Waals surface area contributed by atoms with E-state index in [0.717, 1.165) is 23.2 Å². The van der Waals surface area contributed by atoms with Gasteiger partial charge in [-0.05, 0) is 47.3 Å². The molecule has 10 heteroatoms. The summed E-state index contributed by atoms with van der Waals surface area (Å²) in [6, 6.07) is 5.09. The van der Waals surface area contributed by atoms with Crippen molar-refractivity contribution in [1.82, 2.24) is 14.1 Å². The molecule has 0 spiro atoms. The number of nitrogens with zero attached hydrogens (tertiary/aromatic N) is 3. The first-order chi connectivity index (χ1) is 12.9. The first-order valence-electron chi connectivity index (χ1n) is 9.00. The molecule has 3 rings (SSSR count). The minimum Gasteiger partial charge on any atom is -0.311 e. The molecule has 1 atom stereocenters. The summed E-state index contributed by atoms with van der Waals surface area (Å²) in [5.74, 6) is 0.141. The van der Waals surface area contributed by atoms with Gasteiger partial charge in [0.25, 0.3) is 10.0 Å². The van der Waals surface area contributed by atoms with Gasteiger partial charge in [0, 0.05) is 25.7 Å². The fourth-order valence-electron chi connectivity index (χ4n) is 3.09. The Bertz CT molecular complexity index is 894. The van der Waals surface area contributed by atoms with Crippen molar-refractivity contribution in [2.45, 2.75) is 43.4 Å². The van der Waals surface area contributed by atoms with E-state index in [0.29, 0.717) is 29.4 Å². The molecule has 1 fully saturated rings. The molecule has 0 saturated carbocycles. The number of anilines is 1. The highest BCUT2D eigenvalue weighted by Gasteiger charge is 2.34. The number of aromatic nitrogens is 2. The Morgan fingerprint density at radius 2 is 2.22 bits per heavy atom. The van der Waals surface area contributed by atoms with Crippen LogP contribution in [-0.2, 0) is 21.4 Å². The monoisotopic (exact) mass is 474 g/mol. The minimum absolute atomic E-state index is 0.152. The van der Waals surface area contributed by atoms with E-state index in [2.05, 4.69) is 33.3 Å². The molecule has 1 aliphatic rings. The molecule has 1 amide bonds. The molecule has 0 aromatic carbocycles. The molecule has 1 aliphatic heterocycles. The number of unbranched alkanes of at least 4 members (excludes halogenated alkanes) is 1. The molecule has 7 nitrogen and oxygen atoms in total. The van der Waals surface area contributed by atoms with Crippen LogP contribution in [0, 0.1) is 5.92 Å². The van der Waals surface area contributed by atoms with Crippen LogP contribution in [0.1, 0.15) is 32.6 Å². The summed E-state index contributed by atoms with van der Waals surface area (Å²) in [6.07, 6.45) is 5.03. The van der Waals surface area contributed by atoms with Gasteiger partial charge in [0.2, 0.25) is 5.91 Å². The molecule has 0 bridgehead atoms. The molecule has 2 aromatic rings. The van der Waals surface area contributed by atoms with Crippen LogP contribution in [-0.4, -0.2) is 41.5 Å². The van der Waals surface area contributed by atoms with Crippen molar-refractivity contribution in [2.75, 3.05) is 18.4 Å². The second-order valence-corrected chi connectivity index (χ2v) is 11.2. The van der Waals surface area contributed by atoms with E-state index >= 15 is 0 Å². The highest BCUT2D eigenvalue weighted by Crippen LogP contribution is 2.31. The number of nitrogens with one attached hydrogen (secondary N) is 1. The second kappa shape index (κ2) is 8.85. The van der Waals surface area contributed by atoms with E-state index in [1.807, 2.05) is 0 Å². The second-order valence-electron chi connectivity index (χ2n) is 6.54. The van der Waals surface area contributed by atoms with Crippen LogP contribution in [0.4, 0.5) is 5.82 Å². The van der Waals surface area contributed by atoms with E-state index in [4.69, 9.17) is 0 Å². The molecule has 1 N–H and O–H groups in total. The Balaban J connectivity index is 1.67. The van der Waals surface area contributed by atoms with Crippen molar-refractivity contribution in [3.05, 3.63) is 28.2 Å². The van der Waals surface area contributed by atoms with Gasteiger partial charge in [0.05, 0.1) is 15.9 Å². The number of rotatable bonds is 7. The van der Waals surface area contributed by atoms with E-state index in [1.165, 1.54) is 15.6 Å². The summed E-state index contributed by atoms with van der Waals surface area (Å²) in [7, 11) is -3.57. The van der Waals surface area contributed by atoms with Gasteiger partial charge in [-0.2, -0.15) is 9.40 Å². The topological polar surface area (TPSA) is 84.3 Å². The maximum Gasteiger partial charge on any atom is 0.252 e. The zero-order valence-corrected chi connectivity index (χ0v) is 18.3. The van der Waals surface area contributed by atoms with Crippen molar-refractivity contribution in [2.24, 2.45) is 5.92 Å². The first-order valence-corrected chi connectivity index (χ1v) is 12.0. The molecular formula is C17H23BrN4O3S2. The van der Waals surface area contributed by atoms with Gasteiger partial charge in [-0.25, -0.2) is 13.1 Å². The quantitative estimate of drug-likeness (QED) is 0.664. The number of hydrogen-bond donors (Lipinski definition) is 1. The number of hydrogen-bond acceptors (Lipinski definition) is 5. The zero-order chi connectivity index (χ0) is 19.4. The summed E-state index contributed by atoms with van der Waals surface area (Å²) in [5, 5.41) is 7.16. The Morgan fingerprint density at radius 3 is 2.93 bits per heavy atom. The van der Waals surface area contributed by atoms with Crippen LogP contribution in [0.5, 0.6) is 0 Å². The maximum atomic E-state index is 12.8. The third-order valence-corrected chi connectivity index (χ3v) is 8.55. The summed E-state index contributed by atoms with van der Waals surface area (Å²) in [5.41, 5.74) is 0. The van der Waals surface area contributed by atoms with Crippen molar-refractivity contribution < 1.29 is 13.2 Å². The third kappa shape index (κ3) is 4.79. The molecule has 0 radical (unpaired) electrons. The molecule has 3 heterocycles. The van der Waals surface area contributed by atoms with E-state index in [9.17, 15) is 13.2 Å². The lowest BCUT2D eigenvalue weighted by Gasteiger charge is -2.30. The maximum absolute atomic E-state index is 12.8. The largest absolute Gasteiger partial charge is 0.311 e. The lowest BCUT2D eigenvalue weighted by atomic mass is 9.99. The van der Waals surface area contributed by atoms with Gasteiger partial charge in [0.15, 0.2) is 0 Å². The molecule has 1 saturated heterocycles. The molecular weight excluding hydrogens is 452 g/mol. The van der Waals surface area contributed by atoms with Crippen molar-refractivity contribution >= 4 is 49.0 Å². The normalized spacial score (nSPS) is 18.5. The highest BCUT2D eigenvalue weighted by atomic mass is 79.9. The SMILES string of the molecule is CCCCn1nccc1NC(=O)C1CCCN(S(=O)(=O)c2ccc(Br)s2)C1. The molecule has 148 valence electrons. The van der Waals surface area contributed by atoms with Gasteiger partial charge in [0.1, 0.15) is 10.0 Å². The van der Waals surface area contributed by atoms with Crippen molar-refractivity contribution in [3.8, 4) is 0 Å². The van der Waals surface area contributed by atoms with Gasteiger partial charge in [-0.1, -0.05) is 13.3 Å². The minimum atomic E-state index is -3.57. The van der Waals surface area contributed by atoms with Gasteiger partial charge >= 0.3 is 0 Å². The average Bonchev–Trinajstić information content (AvgIpc) is 3.29. The number of piperidine rings is 1. The van der Waals surface area contributed by atoms with Crippen LogP contribution >= 0.6 is 27.3 Å². The van der Waals surface area contributed by atoms with E-state index < -0.39 is 10.0 Å². The van der Waals surface area contributed by atoms with E-state index in [1.54, 1.807) is 29.1 Å². The molecule has 1 unspecified atom stereocenters. The summed E-state index contributed by atoms with van der Waals surface area (Å²) >= 11 is 4.49. The van der Waals surface area contributed by atoms with Crippen LogP contribution < -0.4 is 5.32 Å². The number of carbonyl (C=O) groups excluding carboxylic acids is 1. The van der Waals surface area contributed by atoms with E-state index in [-0.39, 0.29) is 18.4 Å². The van der Waals surface area contributed by atoms with Crippen LogP contribution in [0.25, 0.3) is 0 Å². The average molecular weight is 475 g/mol. The van der Waals surface area contributed by atoms with Crippen LogP contribution in [0.15, 0.2) is 32.4 Å². The van der Waals surface area contributed by atoms with Gasteiger partial charge < -0.3 is 5.32 Å². The Morgan fingerprint density at radius 1 is 1.41 bits per heavy atom. The summed E-state index contributed by atoms with van der Waals surface area (Å²) in [4.78, 5) is 12.7. The van der Waals surface area contributed by atoms with Gasteiger partial charge in [-0.3, -0.25) is 4.79 Å². The standard InChI is InChI=1S/C17H23BrN4O3S2/c1-2-3-11-22-15(8-9-19-22)20-17(23)13-5-4-10-21(12-13)27(24,25)16-7-6-14(18)26-16/h6-9,13H,2-5,10-12H2,1H3,(H,20,23). The smallest absolute Gasteiger partial charge is 0.252 e. The molecule has 2 aromatic heterocycles. The number of amides is 1. The fraction of sp³-hybridized carbons (Fsp3) is 0.529. The Labute approximate surface area is 171 Å². The fourth-order valence-corrected chi connectivity index (χ4v) is 6.78.